The average Bonchev–Trinajstić information content (AvgIpc) is 2.73. The number of ether oxygens (including phenoxy) is 1. The Morgan fingerprint density at radius 2 is 2.00 bits per heavy atom. The molecule has 1 saturated carbocycles. The average molecular weight is 296 g/mol. The molecule has 4 heteroatoms. The first-order chi connectivity index (χ1) is 9.87. The minimum absolute atomic E-state index is 0.220. The van der Waals surface area contributed by atoms with E-state index in [0.717, 1.165) is 32.2 Å². The fourth-order valence-electron chi connectivity index (χ4n) is 4.00. The number of likely N-dealkylation sites (tertiary alicyclic amines) is 1. The number of esters is 1. The molecule has 0 aromatic carbocycles. The summed E-state index contributed by atoms with van der Waals surface area (Å²) in [6, 6.07) is 0. The lowest BCUT2D eigenvalue weighted by Crippen LogP contribution is -2.52. The molecule has 1 aliphatic heterocycles. The van der Waals surface area contributed by atoms with E-state index < -0.39 is 5.54 Å². The maximum absolute atomic E-state index is 12.0. The van der Waals surface area contributed by atoms with Gasteiger partial charge in [0, 0.05) is 0 Å². The summed E-state index contributed by atoms with van der Waals surface area (Å²) in [7, 11) is 1.45. The Bertz CT molecular complexity index is 370. The quantitative estimate of drug-likeness (QED) is 0.810. The summed E-state index contributed by atoms with van der Waals surface area (Å²) in [6.45, 7) is 8.17. The minimum atomic E-state index is -0.736. The maximum atomic E-state index is 12.0. The Balaban J connectivity index is 1.86. The lowest BCUT2D eigenvalue weighted by atomic mass is 9.85. The summed E-state index contributed by atoms with van der Waals surface area (Å²) >= 11 is 0. The zero-order chi connectivity index (χ0) is 15.5. The summed E-state index contributed by atoms with van der Waals surface area (Å²) in [5.41, 5.74) is 6.10. The van der Waals surface area contributed by atoms with Crippen LogP contribution < -0.4 is 5.73 Å². The fourth-order valence-corrected chi connectivity index (χ4v) is 4.00. The van der Waals surface area contributed by atoms with Gasteiger partial charge >= 0.3 is 5.97 Å². The molecular formula is C17H32N2O2. The topological polar surface area (TPSA) is 55.6 Å². The first-order valence-electron chi connectivity index (χ1n) is 8.47. The standard InChI is InChI=1S/C17H32N2O2/c1-16(2)8-5-11-19(13-10-16)12-7-14-6-4-9-17(14,18)15(20)21-3/h14H,4-13,18H2,1-3H3. The van der Waals surface area contributed by atoms with Crippen LogP contribution in [-0.4, -0.2) is 43.2 Å². The summed E-state index contributed by atoms with van der Waals surface area (Å²) < 4.78 is 4.93. The second-order valence-electron chi connectivity index (χ2n) is 7.77. The Labute approximate surface area is 129 Å². The number of carbonyl (C=O) groups is 1. The lowest BCUT2D eigenvalue weighted by Gasteiger charge is -2.30. The zero-order valence-electron chi connectivity index (χ0n) is 14.0. The maximum Gasteiger partial charge on any atom is 0.326 e. The first-order valence-corrected chi connectivity index (χ1v) is 8.47. The highest BCUT2D eigenvalue weighted by Gasteiger charge is 2.46. The lowest BCUT2D eigenvalue weighted by molar-refractivity contribution is -0.148. The summed E-state index contributed by atoms with van der Waals surface area (Å²) in [5.74, 6) is 0.0585. The van der Waals surface area contributed by atoms with Crippen LogP contribution in [0.25, 0.3) is 0 Å². The molecule has 1 saturated heterocycles. The number of nitrogens with two attached hydrogens (primary N) is 1. The molecule has 4 nitrogen and oxygen atoms in total. The predicted molar refractivity (Wildman–Crippen MR) is 85.0 cm³/mol. The van der Waals surface area contributed by atoms with Gasteiger partial charge in [-0.05, 0) is 69.5 Å². The van der Waals surface area contributed by atoms with Gasteiger partial charge in [-0.25, -0.2) is 0 Å². The van der Waals surface area contributed by atoms with Crippen molar-refractivity contribution in [2.45, 2.75) is 64.3 Å². The second-order valence-corrected chi connectivity index (χ2v) is 7.77. The molecule has 2 unspecified atom stereocenters. The van der Waals surface area contributed by atoms with E-state index in [2.05, 4.69) is 18.7 Å². The van der Waals surface area contributed by atoms with Crippen LogP contribution in [0.4, 0.5) is 0 Å². The van der Waals surface area contributed by atoms with Gasteiger partial charge in [0.1, 0.15) is 5.54 Å². The summed E-state index contributed by atoms with van der Waals surface area (Å²) in [6.07, 6.45) is 7.76. The van der Waals surface area contributed by atoms with Crippen LogP contribution in [0.3, 0.4) is 0 Å². The van der Waals surface area contributed by atoms with Crippen molar-refractivity contribution in [3.63, 3.8) is 0 Å². The van der Waals surface area contributed by atoms with Crippen LogP contribution >= 0.6 is 0 Å². The number of rotatable bonds is 4. The highest BCUT2D eigenvalue weighted by Crippen LogP contribution is 2.37. The van der Waals surface area contributed by atoms with Crippen molar-refractivity contribution >= 4 is 5.97 Å². The molecule has 2 rings (SSSR count). The highest BCUT2D eigenvalue weighted by atomic mass is 16.5. The second kappa shape index (κ2) is 6.66. The number of methoxy groups -OCH3 is 1. The molecule has 2 atom stereocenters. The van der Waals surface area contributed by atoms with E-state index in [-0.39, 0.29) is 11.9 Å². The van der Waals surface area contributed by atoms with Crippen molar-refractivity contribution in [2.75, 3.05) is 26.7 Å². The molecule has 0 amide bonds. The molecule has 1 heterocycles. The third-order valence-corrected chi connectivity index (χ3v) is 5.66. The van der Waals surface area contributed by atoms with Crippen molar-refractivity contribution in [2.24, 2.45) is 17.1 Å². The molecule has 21 heavy (non-hydrogen) atoms. The summed E-state index contributed by atoms with van der Waals surface area (Å²) in [4.78, 5) is 14.5. The molecule has 0 aromatic heterocycles. The van der Waals surface area contributed by atoms with E-state index in [1.807, 2.05) is 0 Å². The largest absolute Gasteiger partial charge is 0.468 e. The van der Waals surface area contributed by atoms with Gasteiger partial charge in [0.2, 0.25) is 0 Å². The fraction of sp³-hybridized carbons (Fsp3) is 0.941. The van der Waals surface area contributed by atoms with Crippen LogP contribution in [0.5, 0.6) is 0 Å². The number of nitrogens with zero attached hydrogens (tertiary/aromatic N) is 1. The SMILES string of the molecule is COC(=O)C1(N)CCCC1CCN1CCCC(C)(C)CC1. The van der Waals surface area contributed by atoms with Gasteiger partial charge in [0.25, 0.3) is 0 Å². The van der Waals surface area contributed by atoms with E-state index in [0.29, 0.717) is 5.41 Å². The van der Waals surface area contributed by atoms with E-state index in [1.54, 1.807) is 0 Å². The van der Waals surface area contributed by atoms with Crippen LogP contribution in [-0.2, 0) is 9.53 Å². The van der Waals surface area contributed by atoms with Gasteiger partial charge in [-0.3, -0.25) is 4.79 Å². The normalized spacial score (nSPS) is 33.6. The number of hydrogen-bond donors (Lipinski definition) is 1. The van der Waals surface area contributed by atoms with E-state index in [9.17, 15) is 4.79 Å². The van der Waals surface area contributed by atoms with Crippen LogP contribution in [0, 0.1) is 11.3 Å². The monoisotopic (exact) mass is 296 g/mol. The van der Waals surface area contributed by atoms with E-state index in [4.69, 9.17) is 10.5 Å². The Morgan fingerprint density at radius 1 is 1.24 bits per heavy atom. The molecule has 1 aliphatic carbocycles. The van der Waals surface area contributed by atoms with Crippen molar-refractivity contribution < 1.29 is 9.53 Å². The minimum Gasteiger partial charge on any atom is -0.468 e. The predicted octanol–water partition coefficient (Wildman–Crippen LogP) is 2.56. The van der Waals surface area contributed by atoms with Gasteiger partial charge in [-0.1, -0.05) is 20.3 Å². The molecule has 0 radical (unpaired) electrons. The smallest absolute Gasteiger partial charge is 0.326 e. The molecule has 0 aromatic rings. The van der Waals surface area contributed by atoms with Gasteiger partial charge in [0.05, 0.1) is 7.11 Å². The van der Waals surface area contributed by atoms with Crippen LogP contribution in [0.1, 0.15) is 58.8 Å². The highest BCUT2D eigenvalue weighted by molar-refractivity contribution is 5.81. The van der Waals surface area contributed by atoms with Gasteiger partial charge in [0.15, 0.2) is 0 Å². The van der Waals surface area contributed by atoms with Crippen molar-refractivity contribution in [3.05, 3.63) is 0 Å². The van der Waals surface area contributed by atoms with Crippen molar-refractivity contribution in [3.8, 4) is 0 Å². The molecule has 122 valence electrons. The molecule has 0 spiro atoms. The van der Waals surface area contributed by atoms with Crippen LogP contribution in [0.2, 0.25) is 0 Å². The first kappa shape index (κ1) is 16.8. The molecular weight excluding hydrogens is 264 g/mol. The molecule has 2 aliphatic rings. The summed E-state index contributed by atoms with van der Waals surface area (Å²) in [5, 5.41) is 0. The zero-order valence-corrected chi connectivity index (χ0v) is 14.0. The van der Waals surface area contributed by atoms with Crippen molar-refractivity contribution in [1.29, 1.82) is 0 Å². The Morgan fingerprint density at radius 3 is 2.71 bits per heavy atom. The van der Waals surface area contributed by atoms with Gasteiger partial charge < -0.3 is 15.4 Å². The molecule has 2 N–H and O–H groups in total. The van der Waals surface area contributed by atoms with Crippen molar-refractivity contribution in [1.82, 2.24) is 4.90 Å². The number of carbonyl (C=O) groups excluding carboxylic acids is 1. The Hall–Kier alpha value is -0.610. The number of hydrogen-bond acceptors (Lipinski definition) is 4. The Kier molecular flexibility index (Phi) is 5.31. The molecule has 0 bridgehead atoms. The van der Waals surface area contributed by atoms with E-state index in [1.165, 1.54) is 39.5 Å². The third kappa shape index (κ3) is 3.98. The van der Waals surface area contributed by atoms with E-state index >= 15 is 0 Å². The van der Waals surface area contributed by atoms with Gasteiger partial charge in [-0.15, -0.1) is 0 Å². The third-order valence-electron chi connectivity index (χ3n) is 5.66. The van der Waals surface area contributed by atoms with Gasteiger partial charge in [-0.2, -0.15) is 0 Å². The van der Waals surface area contributed by atoms with Crippen LogP contribution in [0.15, 0.2) is 0 Å². The molecule has 2 fully saturated rings.